The van der Waals surface area contributed by atoms with Gasteiger partial charge in [0.2, 0.25) is 0 Å². The second kappa shape index (κ2) is 13.4. The molecular weight excluding hydrogens is 492 g/mol. The van der Waals surface area contributed by atoms with Crippen molar-refractivity contribution >= 4 is 5.78 Å². The molecule has 0 amide bonds. The van der Waals surface area contributed by atoms with Gasteiger partial charge >= 0.3 is 0 Å². The van der Waals surface area contributed by atoms with Crippen molar-refractivity contribution < 1.29 is 28.8 Å². The van der Waals surface area contributed by atoms with Gasteiger partial charge in [-0.15, -0.1) is 0 Å². The van der Waals surface area contributed by atoms with Crippen LogP contribution in [0.3, 0.4) is 0 Å². The Kier molecular flexibility index (Phi) is 10.3. The average Bonchev–Trinajstić information content (AvgIpc) is 2.89. The molecule has 0 saturated heterocycles. The van der Waals surface area contributed by atoms with Crippen LogP contribution in [0.25, 0.3) is 0 Å². The first-order valence-corrected chi connectivity index (χ1v) is 13.4. The van der Waals surface area contributed by atoms with Crippen molar-refractivity contribution in [2.75, 3.05) is 21.3 Å². The Labute approximate surface area is 232 Å². The normalized spacial score (nSPS) is 14.7. The molecule has 0 fully saturated rings. The molecule has 0 saturated carbocycles. The number of methoxy groups -OCH3 is 3. The van der Waals surface area contributed by atoms with Gasteiger partial charge in [0.25, 0.3) is 0 Å². The van der Waals surface area contributed by atoms with E-state index in [1.165, 1.54) is 11.1 Å². The van der Waals surface area contributed by atoms with E-state index in [0.717, 1.165) is 29.5 Å². The van der Waals surface area contributed by atoms with Crippen LogP contribution in [0.1, 0.15) is 87.0 Å². The molecule has 2 aromatic carbocycles. The first-order valence-electron chi connectivity index (χ1n) is 13.4. The molecule has 3 rings (SSSR count). The van der Waals surface area contributed by atoms with Gasteiger partial charge in [-0.1, -0.05) is 41.0 Å². The largest absolute Gasteiger partial charge is 0.507 e. The quantitative estimate of drug-likeness (QED) is 0.296. The minimum absolute atomic E-state index is 0.0761. The van der Waals surface area contributed by atoms with Gasteiger partial charge in [-0.2, -0.15) is 0 Å². The number of hydrogen-bond donors (Lipinski definition) is 1. The third-order valence-corrected chi connectivity index (χ3v) is 6.96. The Balaban J connectivity index is 2.03. The maximum atomic E-state index is 13.4. The van der Waals surface area contributed by atoms with Crippen molar-refractivity contribution in [1.82, 2.24) is 0 Å². The molecule has 0 spiro atoms. The smallest absolute Gasteiger partial charge is 0.174 e. The molecule has 0 aromatic heterocycles. The van der Waals surface area contributed by atoms with Crippen LogP contribution < -0.4 is 18.9 Å². The van der Waals surface area contributed by atoms with E-state index in [9.17, 15) is 9.90 Å². The summed E-state index contributed by atoms with van der Waals surface area (Å²) >= 11 is 0. The standard InChI is InChI=1S/C33H42O6/c1-20(2)10-9-11-22(5)13-15-24-23(16-17-27(36-6)33(24)38-8)29-18-26(34)31-30(39-29)19-28(37-7)25(32(31)35)14-12-21(3)4/h10,12-13,16-17,19,29,35H,9,11,14-15,18H2,1-8H3/b22-13-/t29-/m0/s1. The number of ketones is 1. The van der Waals surface area contributed by atoms with Crippen molar-refractivity contribution in [3.05, 3.63) is 75.4 Å². The lowest BCUT2D eigenvalue weighted by Crippen LogP contribution is -2.22. The molecule has 1 aliphatic rings. The topological polar surface area (TPSA) is 74.2 Å². The zero-order chi connectivity index (χ0) is 28.7. The first-order chi connectivity index (χ1) is 18.6. The second-order valence-electron chi connectivity index (χ2n) is 10.4. The van der Waals surface area contributed by atoms with Crippen LogP contribution in [-0.4, -0.2) is 32.2 Å². The number of aromatic hydroxyl groups is 1. The van der Waals surface area contributed by atoms with Crippen LogP contribution in [0.15, 0.2) is 53.1 Å². The number of ether oxygens (including phenoxy) is 4. The van der Waals surface area contributed by atoms with Crippen LogP contribution in [0.4, 0.5) is 0 Å². The fourth-order valence-electron chi connectivity index (χ4n) is 4.83. The number of benzene rings is 2. The first kappa shape index (κ1) is 29.9. The highest BCUT2D eigenvalue weighted by Crippen LogP contribution is 2.47. The van der Waals surface area contributed by atoms with Gasteiger partial charge in [0.1, 0.15) is 28.9 Å². The predicted molar refractivity (Wildman–Crippen MR) is 156 cm³/mol. The molecule has 210 valence electrons. The maximum absolute atomic E-state index is 13.4. The summed E-state index contributed by atoms with van der Waals surface area (Å²) in [7, 11) is 4.78. The average molecular weight is 535 g/mol. The molecule has 1 heterocycles. The predicted octanol–water partition coefficient (Wildman–Crippen LogP) is 7.87. The van der Waals surface area contributed by atoms with Gasteiger partial charge in [-0.3, -0.25) is 4.79 Å². The Bertz CT molecular complexity index is 1290. The number of phenols is 1. The van der Waals surface area contributed by atoms with E-state index in [2.05, 4.69) is 32.9 Å². The number of rotatable bonds is 11. The van der Waals surface area contributed by atoms with Gasteiger partial charge < -0.3 is 24.1 Å². The van der Waals surface area contributed by atoms with Crippen LogP contribution >= 0.6 is 0 Å². The molecule has 0 aliphatic carbocycles. The molecule has 6 nitrogen and oxygen atoms in total. The van der Waals surface area contributed by atoms with Crippen LogP contribution in [-0.2, 0) is 12.8 Å². The van der Waals surface area contributed by atoms with Gasteiger partial charge in [0.05, 0.1) is 27.8 Å². The van der Waals surface area contributed by atoms with Crippen LogP contribution in [0, 0.1) is 0 Å². The highest BCUT2D eigenvalue weighted by atomic mass is 16.5. The molecular formula is C33H42O6. The molecule has 6 heteroatoms. The summed E-state index contributed by atoms with van der Waals surface area (Å²) in [5, 5.41) is 11.1. The molecule has 1 aliphatic heterocycles. The number of allylic oxidation sites excluding steroid dienone is 6. The lowest BCUT2D eigenvalue weighted by atomic mass is 9.89. The molecule has 39 heavy (non-hydrogen) atoms. The summed E-state index contributed by atoms with van der Waals surface area (Å²) in [6, 6.07) is 5.49. The van der Waals surface area contributed by atoms with E-state index in [4.69, 9.17) is 18.9 Å². The van der Waals surface area contributed by atoms with Crippen molar-refractivity contribution in [1.29, 1.82) is 0 Å². The second-order valence-corrected chi connectivity index (χ2v) is 10.4. The van der Waals surface area contributed by atoms with E-state index in [1.807, 2.05) is 32.1 Å². The van der Waals surface area contributed by atoms with E-state index in [-0.39, 0.29) is 23.5 Å². The van der Waals surface area contributed by atoms with E-state index < -0.39 is 6.10 Å². The Morgan fingerprint density at radius 1 is 0.923 bits per heavy atom. The highest BCUT2D eigenvalue weighted by Gasteiger charge is 2.34. The third-order valence-electron chi connectivity index (χ3n) is 6.96. The fourth-order valence-corrected chi connectivity index (χ4v) is 4.83. The molecule has 0 bridgehead atoms. The van der Waals surface area contributed by atoms with Gasteiger partial charge in [-0.25, -0.2) is 0 Å². The monoisotopic (exact) mass is 534 g/mol. The highest BCUT2D eigenvalue weighted by molar-refractivity contribution is 6.03. The number of hydrogen-bond acceptors (Lipinski definition) is 6. The van der Waals surface area contributed by atoms with Gasteiger partial charge in [0.15, 0.2) is 17.3 Å². The van der Waals surface area contributed by atoms with Crippen molar-refractivity contribution in [3.63, 3.8) is 0 Å². The van der Waals surface area contributed by atoms with E-state index in [1.54, 1.807) is 27.4 Å². The van der Waals surface area contributed by atoms with Crippen molar-refractivity contribution in [3.8, 4) is 28.7 Å². The molecule has 1 atom stereocenters. The fraction of sp³-hybridized carbons (Fsp3) is 0.424. The van der Waals surface area contributed by atoms with Crippen molar-refractivity contribution in [2.45, 2.75) is 72.8 Å². The van der Waals surface area contributed by atoms with Gasteiger partial charge in [-0.05, 0) is 66.4 Å². The zero-order valence-electron chi connectivity index (χ0n) is 24.6. The number of phenolic OH excluding ortho intramolecular Hbond substituents is 1. The van der Waals surface area contributed by atoms with Gasteiger partial charge in [0, 0.05) is 22.8 Å². The van der Waals surface area contributed by atoms with E-state index in [0.29, 0.717) is 41.4 Å². The SMILES string of the molecule is COc1cc2c(c(O)c1CC=C(C)C)C(=O)C[C@@H](c1ccc(OC)c(OC)c1C/C=C(/C)CCC=C(C)C)O2. The number of carbonyl (C=O) groups excluding carboxylic acids is 1. The Morgan fingerprint density at radius 2 is 1.59 bits per heavy atom. The molecule has 2 aromatic rings. The maximum Gasteiger partial charge on any atom is 0.174 e. The summed E-state index contributed by atoms with van der Waals surface area (Å²) in [4.78, 5) is 13.4. The lowest BCUT2D eigenvalue weighted by Gasteiger charge is -2.29. The van der Waals surface area contributed by atoms with Crippen molar-refractivity contribution in [2.24, 2.45) is 0 Å². The number of carbonyl (C=O) groups is 1. The summed E-state index contributed by atoms with van der Waals surface area (Å²) in [5.41, 5.74) is 6.25. The minimum atomic E-state index is -0.549. The summed E-state index contributed by atoms with van der Waals surface area (Å²) < 4.78 is 23.3. The zero-order valence-corrected chi connectivity index (χ0v) is 24.6. The summed E-state index contributed by atoms with van der Waals surface area (Å²) in [6.45, 7) is 10.3. The third kappa shape index (κ3) is 7.05. The number of Topliss-reactive ketones (excluding diaryl/α,β-unsaturated/α-hetero) is 1. The molecule has 0 radical (unpaired) electrons. The lowest BCUT2D eigenvalue weighted by molar-refractivity contribution is 0.0843. The van der Waals surface area contributed by atoms with E-state index >= 15 is 0 Å². The minimum Gasteiger partial charge on any atom is -0.507 e. The Hall–Kier alpha value is -3.67. The number of fused-ring (bicyclic) bond motifs is 1. The molecule has 0 unspecified atom stereocenters. The van der Waals surface area contributed by atoms with Crippen LogP contribution in [0.5, 0.6) is 28.7 Å². The van der Waals surface area contributed by atoms with Crippen LogP contribution in [0.2, 0.25) is 0 Å². The molecule has 1 N–H and O–H groups in total. The summed E-state index contributed by atoms with van der Waals surface area (Å²) in [5.74, 6) is 1.81. The summed E-state index contributed by atoms with van der Waals surface area (Å²) in [6.07, 6.45) is 9.00. The Morgan fingerprint density at radius 3 is 2.21 bits per heavy atom.